The predicted molar refractivity (Wildman–Crippen MR) is 86.6 cm³/mol. The molecular formula is C18H20N2O. The van der Waals surface area contributed by atoms with Crippen LogP contribution in [0.15, 0.2) is 59.7 Å². The van der Waals surface area contributed by atoms with Crippen LogP contribution in [0.4, 0.5) is 0 Å². The second kappa shape index (κ2) is 7.39. The number of nitrogens with zero attached hydrogens (tertiary/aromatic N) is 1. The maximum absolute atomic E-state index is 11.9. The molecule has 0 aromatic heterocycles. The summed E-state index contributed by atoms with van der Waals surface area (Å²) in [5.41, 5.74) is 5.57. The molecule has 2 rings (SSSR count). The third kappa shape index (κ3) is 4.28. The summed E-state index contributed by atoms with van der Waals surface area (Å²) in [6, 6.07) is 17.6. The number of benzene rings is 2. The molecule has 2 aromatic rings. The minimum atomic E-state index is -0.186. The third-order valence-corrected chi connectivity index (χ3v) is 3.41. The van der Waals surface area contributed by atoms with E-state index in [1.807, 2.05) is 61.5 Å². The Balaban J connectivity index is 1.92. The molecule has 0 unspecified atom stereocenters. The van der Waals surface area contributed by atoms with E-state index in [-0.39, 0.29) is 11.8 Å². The molecule has 3 heteroatoms. The molecule has 1 N–H and O–H groups in total. The Morgan fingerprint density at radius 3 is 2.43 bits per heavy atom. The third-order valence-electron chi connectivity index (χ3n) is 3.41. The van der Waals surface area contributed by atoms with Gasteiger partial charge in [0.2, 0.25) is 0 Å². The van der Waals surface area contributed by atoms with Crippen LogP contribution >= 0.6 is 0 Å². The summed E-state index contributed by atoms with van der Waals surface area (Å²) in [5.74, 6) is -0.0249. The molecule has 0 aliphatic heterocycles. The minimum Gasteiger partial charge on any atom is -0.267 e. The van der Waals surface area contributed by atoms with Gasteiger partial charge in [-0.2, -0.15) is 5.10 Å². The summed E-state index contributed by atoms with van der Waals surface area (Å²) < 4.78 is 0. The van der Waals surface area contributed by atoms with Crippen molar-refractivity contribution in [1.82, 2.24) is 5.43 Å². The summed E-state index contributed by atoms with van der Waals surface area (Å²) in [7, 11) is 0. The number of carbonyl (C=O) groups is 1. The Hall–Kier alpha value is -2.42. The molecule has 0 saturated heterocycles. The second-order valence-electron chi connectivity index (χ2n) is 4.97. The highest BCUT2D eigenvalue weighted by molar-refractivity contribution is 5.94. The van der Waals surface area contributed by atoms with Crippen LogP contribution in [0.25, 0.3) is 0 Å². The molecule has 0 heterocycles. The number of hydrazone groups is 1. The summed E-state index contributed by atoms with van der Waals surface area (Å²) in [5, 5.41) is 4.04. The Morgan fingerprint density at radius 1 is 1.14 bits per heavy atom. The number of rotatable bonds is 5. The minimum absolute atomic E-state index is 0.161. The molecule has 0 fully saturated rings. The van der Waals surface area contributed by atoms with Crippen LogP contribution in [0.3, 0.4) is 0 Å². The molecular weight excluding hydrogens is 260 g/mol. The fourth-order valence-electron chi connectivity index (χ4n) is 2.01. The topological polar surface area (TPSA) is 41.5 Å². The number of amides is 1. The normalized spacial score (nSPS) is 12.3. The van der Waals surface area contributed by atoms with Gasteiger partial charge in [0, 0.05) is 17.7 Å². The maximum Gasteiger partial charge on any atom is 0.271 e. The molecule has 108 valence electrons. The van der Waals surface area contributed by atoms with Gasteiger partial charge in [0.05, 0.1) is 0 Å². The molecule has 0 aliphatic rings. The molecule has 1 atom stereocenters. The first-order valence-corrected chi connectivity index (χ1v) is 7.18. The summed E-state index contributed by atoms with van der Waals surface area (Å²) in [6.07, 6.45) is 2.71. The van der Waals surface area contributed by atoms with Crippen LogP contribution < -0.4 is 5.43 Å². The fraction of sp³-hybridized carbons (Fsp3) is 0.222. The Morgan fingerprint density at radius 2 is 1.81 bits per heavy atom. The van der Waals surface area contributed by atoms with E-state index in [1.165, 1.54) is 11.1 Å². The number of aryl methyl sites for hydroxylation is 1. The van der Waals surface area contributed by atoms with Crippen molar-refractivity contribution in [3.8, 4) is 0 Å². The van der Waals surface area contributed by atoms with Crippen molar-refractivity contribution < 1.29 is 4.79 Å². The van der Waals surface area contributed by atoms with Gasteiger partial charge < -0.3 is 0 Å². The lowest BCUT2D eigenvalue weighted by Crippen LogP contribution is -2.18. The quantitative estimate of drug-likeness (QED) is 0.657. The Kier molecular flexibility index (Phi) is 5.27. The van der Waals surface area contributed by atoms with E-state index in [2.05, 4.69) is 17.5 Å². The van der Waals surface area contributed by atoms with E-state index < -0.39 is 0 Å². The number of nitrogens with one attached hydrogen (secondary N) is 1. The van der Waals surface area contributed by atoms with Crippen LogP contribution in [-0.4, -0.2) is 12.1 Å². The van der Waals surface area contributed by atoms with E-state index in [4.69, 9.17) is 0 Å². The SMILES string of the molecule is CCc1ccc(C(=O)N/N=C\[C@@H](C)c2ccccc2)cc1. The summed E-state index contributed by atoms with van der Waals surface area (Å²) in [6.45, 7) is 4.13. The maximum atomic E-state index is 11.9. The van der Waals surface area contributed by atoms with Gasteiger partial charge in [-0.1, -0.05) is 56.3 Å². The zero-order valence-electron chi connectivity index (χ0n) is 12.4. The standard InChI is InChI=1S/C18H20N2O/c1-3-15-9-11-17(12-10-15)18(21)20-19-13-14(2)16-7-5-4-6-8-16/h4-14H,3H2,1-2H3,(H,20,21)/b19-13-/t14-/m1/s1. The average Bonchev–Trinajstić information content (AvgIpc) is 2.55. The predicted octanol–water partition coefficient (Wildman–Crippen LogP) is 3.77. The van der Waals surface area contributed by atoms with E-state index in [1.54, 1.807) is 6.21 Å². The van der Waals surface area contributed by atoms with E-state index in [0.29, 0.717) is 5.56 Å². The Labute approximate surface area is 125 Å². The van der Waals surface area contributed by atoms with Gasteiger partial charge in [-0.05, 0) is 29.7 Å². The highest BCUT2D eigenvalue weighted by Gasteiger charge is 2.04. The number of hydrogen-bond acceptors (Lipinski definition) is 2. The molecule has 0 radical (unpaired) electrons. The van der Waals surface area contributed by atoms with Gasteiger partial charge in [-0.25, -0.2) is 5.43 Å². The fourth-order valence-corrected chi connectivity index (χ4v) is 2.01. The van der Waals surface area contributed by atoms with Crippen molar-refractivity contribution in [3.05, 3.63) is 71.3 Å². The van der Waals surface area contributed by atoms with Gasteiger partial charge in [0.25, 0.3) is 5.91 Å². The molecule has 1 amide bonds. The monoisotopic (exact) mass is 280 g/mol. The van der Waals surface area contributed by atoms with Gasteiger partial charge in [0.1, 0.15) is 0 Å². The molecule has 3 nitrogen and oxygen atoms in total. The van der Waals surface area contributed by atoms with Crippen LogP contribution in [0, 0.1) is 0 Å². The van der Waals surface area contributed by atoms with Crippen LogP contribution in [0.2, 0.25) is 0 Å². The Bertz CT molecular complexity index is 603. The second-order valence-corrected chi connectivity index (χ2v) is 4.97. The van der Waals surface area contributed by atoms with Crippen molar-refractivity contribution >= 4 is 12.1 Å². The highest BCUT2D eigenvalue weighted by Crippen LogP contribution is 2.11. The average molecular weight is 280 g/mol. The lowest BCUT2D eigenvalue weighted by molar-refractivity contribution is 0.0955. The van der Waals surface area contributed by atoms with Crippen molar-refractivity contribution in [3.63, 3.8) is 0 Å². The first-order valence-electron chi connectivity index (χ1n) is 7.18. The zero-order chi connectivity index (χ0) is 15.1. The van der Waals surface area contributed by atoms with E-state index in [0.717, 1.165) is 6.42 Å². The zero-order valence-corrected chi connectivity index (χ0v) is 12.4. The number of hydrogen-bond donors (Lipinski definition) is 1. The summed E-state index contributed by atoms with van der Waals surface area (Å²) >= 11 is 0. The molecule has 0 bridgehead atoms. The van der Waals surface area contributed by atoms with Gasteiger partial charge in [-0.3, -0.25) is 4.79 Å². The van der Waals surface area contributed by atoms with E-state index >= 15 is 0 Å². The van der Waals surface area contributed by atoms with Crippen molar-refractivity contribution in [1.29, 1.82) is 0 Å². The van der Waals surface area contributed by atoms with Crippen LogP contribution in [0.1, 0.15) is 41.3 Å². The first-order chi connectivity index (χ1) is 10.2. The van der Waals surface area contributed by atoms with Crippen LogP contribution in [0.5, 0.6) is 0 Å². The lowest BCUT2D eigenvalue weighted by atomic mass is 10.0. The molecule has 0 aliphatic carbocycles. The van der Waals surface area contributed by atoms with Crippen molar-refractivity contribution in [2.75, 3.05) is 0 Å². The summed E-state index contributed by atoms with van der Waals surface area (Å²) in [4.78, 5) is 11.9. The first kappa shape index (κ1) is 15.0. The highest BCUT2D eigenvalue weighted by atomic mass is 16.2. The lowest BCUT2D eigenvalue weighted by Gasteiger charge is -2.05. The van der Waals surface area contributed by atoms with Gasteiger partial charge in [-0.15, -0.1) is 0 Å². The van der Waals surface area contributed by atoms with E-state index in [9.17, 15) is 4.79 Å². The molecule has 2 aromatic carbocycles. The largest absolute Gasteiger partial charge is 0.271 e. The van der Waals surface area contributed by atoms with Crippen molar-refractivity contribution in [2.24, 2.45) is 5.10 Å². The molecule has 0 saturated carbocycles. The molecule has 21 heavy (non-hydrogen) atoms. The smallest absolute Gasteiger partial charge is 0.267 e. The van der Waals surface area contributed by atoms with Crippen molar-refractivity contribution in [2.45, 2.75) is 26.2 Å². The van der Waals surface area contributed by atoms with Gasteiger partial charge >= 0.3 is 0 Å². The van der Waals surface area contributed by atoms with Crippen LogP contribution in [-0.2, 0) is 6.42 Å². The van der Waals surface area contributed by atoms with Gasteiger partial charge in [0.15, 0.2) is 0 Å². The molecule has 0 spiro atoms. The number of carbonyl (C=O) groups excluding carboxylic acids is 1.